The van der Waals surface area contributed by atoms with E-state index in [0.29, 0.717) is 0 Å². The van der Waals surface area contributed by atoms with Gasteiger partial charge >= 0.3 is 5.97 Å². The van der Waals surface area contributed by atoms with Crippen molar-refractivity contribution in [3.05, 3.63) is 47.8 Å². The largest absolute Gasteiger partial charge is 0.467 e. The van der Waals surface area contributed by atoms with Gasteiger partial charge in [0.25, 0.3) is 0 Å². The predicted molar refractivity (Wildman–Crippen MR) is 72.8 cm³/mol. The van der Waals surface area contributed by atoms with Crippen molar-refractivity contribution in [3.8, 4) is 0 Å². The Morgan fingerprint density at radius 2 is 2.16 bits per heavy atom. The van der Waals surface area contributed by atoms with Gasteiger partial charge in [0.15, 0.2) is 6.04 Å². The van der Waals surface area contributed by atoms with Crippen LogP contribution in [-0.2, 0) is 16.6 Å². The van der Waals surface area contributed by atoms with E-state index in [1.807, 2.05) is 38.2 Å². The Balaban J connectivity index is 2.29. The number of methoxy groups -OCH3 is 1. The molecule has 1 atom stereocenters. The Morgan fingerprint density at radius 1 is 1.42 bits per heavy atom. The average molecular weight is 259 g/mol. The lowest BCUT2D eigenvalue weighted by Gasteiger charge is -2.17. The second kappa shape index (κ2) is 5.56. The highest BCUT2D eigenvalue weighted by molar-refractivity contribution is 5.81. The number of esters is 1. The molecule has 100 valence electrons. The Morgan fingerprint density at radius 3 is 2.74 bits per heavy atom. The summed E-state index contributed by atoms with van der Waals surface area (Å²) in [5.41, 5.74) is 2.75. The molecule has 1 unspecified atom stereocenters. The molecule has 0 radical (unpaired) electrons. The fraction of sp³-hybridized carbons (Fsp3) is 0.286. The van der Waals surface area contributed by atoms with Crippen molar-refractivity contribution < 1.29 is 9.53 Å². The first-order chi connectivity index (χ1) is 9.11. The third-order valence-corrected chi connectivity index (χ3v) is 2.94. The van der Waals surface area contributed by atoms with E-state index in [4.69, 9.17) is 4.74 Å². The predicted octanol–water partition coefficient (Wildman–Crippen LogP) is 2.05. The van der Waals surface area contributed by atoms with Crippen molar-refractivity contribution >= 4 is 11.7 Å². The molecule has 5 heteroatoms. The van der Waals surface area contributed by atoms with Gasteiger partial charge in [0.1, 0.15) is 0 Å². The van der Waals surface area contributed by atoms with Gasteiger partial charge in [0.05, 0.1) is 13.3 Å². The fourth-order valence-electron chi connectivity index (χ4n) is 1.88. The Kier molecular flexibility index (Phi) is 3.85. The number of hydrogen-bond donors (Lipinski definition) is 1. The number of nitrogens with one attached hydrogen (secondary N) is 1. The molecule has 5 nitrogen and oxygen atoms in total. The standard InChI is InChI=1S/C14H17N3O2/c1-10-6-4-5-7-12(10)16-13(14(18)19-3)11-8-15-17(2)9-11/h4-9,13,16H,1-3H3. The number of carbonyl (C=O) groups is 1. The van der Waals surface area contributed by atoms with Crippen LogP contribution in [0.1, 0.15) is 17.2 Å². The zero-order chi connectivity index (χ0) is 13.8. The molecule has 2 aromatic rings. The summed E-state index contributed by atoms with van der Waals surface area (Å²) in [6.07, 6.45) is 3.46. The van der Waals surface area contributed by atoms with Crippen LogP contribution in [0.5, 0.6) is 0 Å². The van der Waals surface area contributed by atoms with Crippen molar-refractivity contribution in [3.63, 3.8) is 0 Å². The van der Waals surface area contributed by atoms with Crippen molar-refractivity contribution in [2.75, 3.05) is 12.4 Å². The highest BCUT2D eigenvalue weighted by Crippen LogP contribution is 2.22. The van der Waals surface area contributed by atoms with E-state index in [-0.39, 0.29) is 5.97 Å². The molecule has 1 aromatic carbocycles. The van der Waals surface area contributed by atoms with Crippen LogP contribution in [0.2, 0.25) is 0 Å². The molecule has 0 saturated heterocycles. The van der Waals surface area contributed by atoms with Crippen LogP contribution in [0, 0.1) is 6.92 Å². The number of nitrogens with zero attached hydrogens (tertiary/aromatic N) is 2. The number of carbonyl (C=O) groups excluding carboxylic acids is 1. The van der Waals surface area contributed by atoms with Crippen LogP contribution >= 0.6 is 0 Å². The summed E-state index contributed by atoms with van der Waals surface area (Å²) in [6.45, 7) is 1.99. The molecule has 0 saturated carbocycles. The normalized spacial score (nSPS) is 11.9. The highest BCUT2D eigenvalue weighted by atomic mass is 16.5. The molecule has 2 rings (SSSR count). The number of aryl methyl sites for hydroxylation is 2. The van der Waals surface area contributed by atoms with E-state index in [1.54, 1.807) is 17.1 Å². The van der Waals surface area contributed by atoms with E-state index in [9.17, 15) is 4.79 Å². The summed E-state index contributed by atoms with van der Waals surface area (Å²) < 4.78 is 6.51. The van der Waals surface area contributed by atoms with Gasteiger partial charge in [-0.3, -0.25) is 4.68 Å². The molecule has 19 heavy (non-hydrogen) atoms. The first-order valence-corrected chi connectivity index (χ1v) is 6.00. The lowest BCUT2D eigenvalue weighted by Crippen LogP contribution is -2.22. The van der Waals surface area contributed by atoms with E-state index >= 15 is 0 Å². The molecule has 0 amide bonds. The molecular formula is C14H17N3O2. The minimum Gasteiger partial charge on any atom is -0.467 e. The number of anilines is 1. The summed E-state index contributed by atoms with van der Waals surface area (Å²) in [5.74, 6) is -0.337. The van der Waals surface area contributed by atoms with Crippen molar-refractivity contribution in [1.29, 1.82) is 0 Å². The molecule has 0 aliphatic heterocycles. The highest BCUT2D eigenvalue weighted by Gasteiger charge is 2.23. The van der Waals surface area contributed by atoms with Gasteiger partial charge in [-0.1, -0.05) is 18.2 Å². The van der Waals surface area contributed by atoms with Crippen LogP contribution in [0.4, 0.5) is 5.69 Å². The smallest absolute Gasteiger partial charge is 0.333 e. The van der Waals surface area contributed by atoms with Gasteiger partial charge < -0.3 is 10.1 Å². The summed E-state index contributed by atoms with van der Waals surface area (Å²) in [6, 6.07) is 7.24. The maximum atomic E-state index is 11.9. The van der Waals surface area contributed by atoms with Crippen LogP contribution in [0.3, 0.4) is 0 Å². The monoisotopic (exact) mass is 259 g/mol. The van der Waals surface area contributed by atoms with Gasteiger partial charge in [-0.25, -0.2) is 4.79 Å². The summed E-state index contributed by atoms with van der Waals surface area (Å²) in [5, 5.41) is 7.29. The third kappa shape index (κ3) is 2.93. The summed E-state index contributed by atoms with van der Waals surface area (Å²) in [4.78, 5) is 11.9. The van der Waals surface area contributed by atoms with Crippen LogP contribution in [0.15, 0.2) is 36.7 Å². The van der Waals surface area contributed by atoms with E-state index in [1.165, 1.54) is 7.11 Å². The summed E-state index contributed by atoms with van der Waals surface area (Å²) >= 11 is 0. The van der Waals surface area contributed by atoms with E-state index in [2.05, 4.69) is 10.4 Å². The van der Waals surface area contributed by atoms with Crippen molar-refractivity contribution in [2.45, 2.75) is 13.0 Å². The maximum Gasteiger partial charge on any atom is 0.333 e. The molecule has 1 N–H and O–H groups in total. The van der Waals surface area contributed by atoms with Crippen LogP contribution in [-0.4, -0.2) is 22.9 Å². The number of rotatable bonds is 4. The number of ether oxygens (including phenoxy) is 1. The average Bonchev–Trinajstić information content (AvgIpc) is 2.83. The zero-order valence-electron chi connectivity index (χ0n) is 11.3. The number of para-hydroxylation sites is 1. The van der Waals surface area contributed by atoms with Gasteiger partial charge in [0, 0.05) is 24.5 Å². The zero-order valence-corrected chi connectivity index (χ0v) is 11.3. The Labute approximate surface area is 112 Å². The van der Waals surface area contributed by atoms with Crippen LogP contribution < -0.4 is 5.32 Å². The minimum atomic E-state index is -0.556. The molecular weight excluding hydrogens is 242 g/mol. The van der Waals surface area contributed by atoms with Gasteiger partial charge in [-0.05, 0) is 18.6 Å². The molecule has 0 fully saturated rings. The van der Waals surface area contributed by atoms with Gasteiger partial charge in [-0.15, -0.1) is 0 Å². The molecule has 1 aromatic heterocycles. The molecule has 1 heterocycles. The van der Waals surface area contributed by atoms with Crippen molar-refractivity contribution in [1.82, 2.24) is 9.78 Å². The Bertz CT molecular complexity index is 578. The molecule has 0 aliphatic rings. The number of hydrogen-bond acceptors (Lipinski definition) is 4. The molecule has 0 spiro atoms. The van der Waals surface area contributed by atoms with Crippen molar-refractivity contribution in [2.24, 2.45) is 7.05 Å². The van der Waals surface area contributed by atoms with E-state index < -0.39 is 6.04 Å². The Hall–Kier alpha value is -2.30. The number of benzene rings is 1. The summed E-state index contributed by atoms with van der Waals surface area (Å²) in [7, 11) is 3.19. The lowest BCUT2D eigenvalue weighted by atomic mass is 10.1. The molecule has 0 bridgehead atoms. The van der Waals surface area contributed by atoms with Crippen LogP contribution in [0.25, 0.3) is 0 Å². The van der Waals surface area contributed by atoms with E-state index in [0.717, 1.165) is 16.8 Å². The lowest BCUT2D eigenvalue weighted by molar-refractivity contribution is -0.141. The second-order valence-corrected chi connectivity index (χ2v) is 4.36. The second-order valence-electron chi connectivity index (χ2n) is 4.36. The first kappa shape index (κ1) is 13.1. The van der Waals surface area contributed by atoms with Gasteiger partial charge in [0.2, 0.25) is 0 Å². The SMILES string of the molecule is COC(=O)C(Nc1ccccc1C)c1cnn(C)c1. The fourth-order valence-corrected chi connectivity index (χ4v) is 1.88. The quantitative estimate of drug-likeness (QED) is 0.854. The molecule has 0 aliphatic carbocycles. The minimum absolute atomic E-state index is 0.337. The number of aromatic nitrogens is 2. The van der Waals surface area contributed by atoms with Gasteiger partial charge in [-0.2, -0.15) is 5.10 Å². The third-order valence-electron chi connectivity index (χ3n) is 2.94. The maximum absolute atomic E-state index is 11.9. The first-order valence-electron chi connectivity index (χ1n) is 6.00. The topological polar surface area (TPSA) is 56.1 Å².